The Hall–Kier alpha value is -4.19. The standard InChI is InChI=1S/C25H21N5O/c1-16-20-15-19(31-2)13-14-21(20)27-24(26-16)30-25-28-22(17-9-5-3-6-10-17)23(29-25)18-11-7-4-8-12-18/h3-15H,1-2H3,(H2,26,27,28,29,30). The summed E-state index contributed by atoms with van der Waals surface area (Å²) in [5.41, 5.74) is 5.62. The molecule has 0 aliphatic carbocycles. The molecular formula is C25H21N5O. The molecular weight excluding hydrogens is 386 g/mol. The molecule has 0 aliphatic rings. The molecule has 5 aromatic rings. The Balaban J connectivity index is 1.56. The molecule has 3 aromatic carbocycles. The molecule has 0 unspecified atom stereocenters. The van der Waals surface area contributed by atoms with Gasteiger partial charge in [-0.05, 0) is 25.1 Å². The Morgan fingerprint density at radius 2 is 1.52 bits per heavy atom. The molecule has 2 N–H and O–H groups in total. The molecule has 0 bridgehead atoms. The van der Waals surface area contributed by atoms with Crippen molar-refractivity contribution in [1.82, 2.24) is 19.9 Å². The van der Waals surface area contributed by atoms with Gasteiger partial charge in [0.25, 0.3) is 0 Å². The second-order valence-corrected chi connectivity index (χ2v) is 7.18. The van der Waals surface area contributed by atoms with Crippen molar-refractivity contribution >= 4 is 22.8 Å². The Kier molecular flexibility index (Phi) is 4.80. The van der Waals surface area contributed by atoms with Crippen molar-refractivity contribution in [1.29, 1.82) is 0 Å². The van der Waals surface area contributed by atoms with Crippen LogP contribution in [-0.4, -0.2) is 27.0 Å². The van der Waals surface area contributed by atoms with E-state index in [9.17, 15) is 0 Å². The Morgan fingerprint density at radius 1 is 0.806 bits per heavy atom. The fraction of sp³-hybridized carbons (Fsp3) is 0.0800. The van der Waals surface area contributed by atoms with Crippen LogP contribution in [0.15, 0.2) is 78.9 Å². The van der Waals surface area contributed by atoms with E-state index in [1.165, 1.54) is 0 Å². The monoisotopic (exact) mass is 407 g/mol. The molecule has 0 fully saturated rings. The summed E-state index contributed by atoms with van der Waals surface area (Å²) in [5, 5.41) is 4.20. The number of nitrogens with one attached hydrogen (secondary N) is 2. The number of rotatable bonds is 5. The SMILES string of the molecule is COc1ccc2nc(Nc3nc(-c4ccccc4)c(-c4ccccc4)[nH]3)nc(C)c2c1. The van der Waals surface area contributed by atoms with Gasteiger partial charge in [0.15, 0.2) is 0 Å². The molecule has 0 amide bonds. The van der Waals surface area contributed by atoms with E-state index < -0.39 is 0 Å². The molecule has 0 saturated heterocycles. The van der Waals surface area contributed by atoms with Gasteiger partial charge in [0, 0.05) is 16.5 Å². The van der Waals surface area contributed by atoms with Gasteiger partial charge in [0.05, 0.1) is 29.7 Å². The summed E-state index contributed by atoms with van der Waals surface area (Å²) in [4.78, 5) is 17.5. The predicted octanol–water partition coefficient (Wildman–Crippen LogP) is 5.75. The number of aryl methyl sites for hydroxylation is 1. The highest BCUT2D eigenvalue weighted by molar-refractivity contribution is 5.84. The van der Waals surface area contributed by atoms with Crippen LogP contribution >= 0.6 is 0 Å². The van der Waals surface area contributed by atoms with Crippen molar-refractivity contribution in [2.45, 2.75) is 6.92 Å². The van der Waals surface area contributed by atoms with E-state index >= 15 is 0 Å². The van der Waals surface area contributed by atoms with E-state index in [4.69, 9.17) is 9.72 Å². The van der Waals surface area contributed by atoms with Crippen LogP contribution in [0.5, 0.6) is 5.75 Å². The first-order valence-electron chi connectivity index (χ1n) is 10.0. The number of ether oxygens (including phenoxy) is 1. The minimum atomic E-state index is 0.489. The number of hydrogen-bond donors (Lipinski definition) is 2. The quantitative estimate of drug-likeness (QED) is 0.388. The zero-order valence-electron chi connectivity index (χ0n) is 17.3. The number of aromatic amines is 1. The van der Waals surface area contributed by atoms with E-state index in [2.05, 4.69) is 44.5 Å². The summed E-state index contributed by atoms with van der Waals surface area (Å²) in [6.45, 7) is 1.96. The Bertz CT molecular complexity index is 1290. The first-order chi connectivity index (χ1) is 15.2. The number of methoxy groups -OCH3 is 1. The summed E-state index contributed by atoms with van der Waals surface area (Å²) in [6, 6.07) is 26.1. The molecule has 6 nitrogen and oxygen atoms in total. The number of imidazole rings is 1. The van der Waals surface area contributed by atoms with Crippen LogP contribution in [0.1, 0.15) is 5.69 Å². The molecule has 0 radical (unpaired) electrons. The lowest BCUT2D eigenvalue weighted by Crippen LogP contribution is -2.01. The van der Waals surface area contributed by atoms with E-state index in [1.807, 2.05) is 61.5 Å². The van der Waals surface area contributed by atoms with E-state index in [-0.39, 0.29) is 0 Å². The summed E-state index contributed by atoms with van der Waals surface area (Å²) < 4.78 is 5.32. The van der Waals surface area contributed by atoms with Crippen molar-refractivity contribution in [3.05, 3.63) is 84.6 Å². The summed E-state index contributed by atoms with van der Waals surface area (Å²) >= 11 is 0. The third-order valence-corrected chi connectivity index (χ3v) is 5.14. The number of fused-ring (bicyclic) bond motifs is 1. The number of hydrogen-bond acceptors (Lipinski definition) is 5. The first kappa shape index (κ1) is 18.8. The van der Waals surface area contributed by atoms with Gasteiger partial charge in [0.1, 0.15) is 5.75 Å². The lowest BCUT2D eigenvalue weighted by molar-refractivity contribution is 0.415. The molecule has 0 atom stereocenters. The Morgan fingerprint density at radius 3 is 2.23 bits per heavy atom. The maximum absolute atomic E-state index is 5.32. The summed E-state index contributed by atoms with van der Waals surface area (Å²) in [5.74, 6) is 1.86. The Labute approximate surface area is 180 Å². The number of benzene rings is 3. The normalized spacial score (nSPS) is 10.9. The molecule has 2 aromatic heterocycles. The molecule has 0 aliphatic heterocycles. The molecule has 0 spiro atoms. The highest BCUT2D eigenvalue weighted by atomic mass is 16.5. The van der Waals surface area contributed by atoms with Crippen molar-refractivity contribution in [3.63, 3.8) is 0 Å². The van der Waals surface area contributed by atoms with Gasteiger partial charge in [-0.2, -0.15) is 0 Å². The lowest BCUT2D eigenvalue weighted by atomic mass is 10.1. The molecule has 5 rings (SSSR count). The average Bonchev–Trinajstić information content (AvgIpc) is 3.24. The molecule has 31 heavy (non-hydrogen) atoms. The number of anilines is 2. The van der Waals surface area contributed by atoms with Gasteiger partial charge >= 0.3 is 0 Å². The zero-order chi connectivity index (χ0) is 21.2. The number of H-pyrrole nitrogens is 1. The topological polar surface area (TPSA) is 75.7 Å². The fourth-order valence-electron chi connectivity index (χ4n) is 3.60. The van der Waals surface area contributed by atoms with Crippen LogP contribution in [0.2, 0.25) is 0 Å². The van der Waals surface area contributed by atoms with Gasteiger partial charge in [-0.15, -0.1) is 0 Å². The van der Waals surface area contributed by atoms with Crippen LogP contribution in [0.4, 0.5) is 11.9 Å². The highest BCUT2D eigenvalue weighted by Gasteiger charge is 2.15. The second-order valence-electron chi connectivity index (χ2n) is 7.18. The maximum Gasteiger partial charge on any atom is 0.230 e. The molecule has 2 heterocycles. The van der Waals surface area contributed by atoms with Gasteiger partial charge < -0.3 is 9.72 Å². The average molecular weight is 407 g/mol. The summed E-state index contributed by atoms with van der Waals surface area (Å²) in [6.07, 6.45) is 0. The van der Waals surface area contributed by atoms with Crippen molar-refractivity contribution < 1.29 is 4.74 Å². The molecule has 6 heteroatoms. The molecule has 0 saturated carbocycles. The van der Waals surface area contributed by atoms with Crippen molar-refractivity contribution in [2.24, 2.45) is 0 Å². The van der Waals surface area contributed by atoms with Crippen LogP contribution < -0.4 is 10.1 Å². The highest BCUT2D eigenvalue weighted by Crippen LogP contribution is 2.32. The second kappa shape index (κ2) is 7.91. The maximum atomic E-state index is 5.32. The zero-order valence-corrected chi connectivity index (χ0v) is 17.3. The van der Waals surface area contributed by atoms with Crippen molar-refractivity contribution in [2.75, 3.05) is 12.4 Å². The van der Waals surface area contributed by atoms with Gasteiger partial charge in [-0.1, -0.05) is 60.7 Å². The largest absolute Gasteiger partial charge is 0.497 e. The summed E-state index contributed by atoms with van der Waals surface area (Å²) in [7, 11) is 1.65. The minimum Gasteiger partial charge on any atom is -0.497 e. The predicted molar refractivity (Wildman–Crippen MR) is 124 cm³/mol. The van der Waals surface area contributed by atoms with Crippen LogP contribution in [-0.2, 0) is 0 Å². The third kappa shape index (κ3) is 3.71. The fourth-order valence-corrected chi connectivity index (χ4v) is 3.60. The minimum absolute atomic E-state index is 0.489. The van der Waals surface area contributed by atoms with E-state index in [0.717, 1.165) is 44.9 Å². The third-order valence-electron chi connectivity index (χ3n) is 5.14. The molecule has 152 valence electrons. The van der Waals surface area contributed by atoms with Crippen molar-refractivity contribution in [3.8, 4) is 28.3 Å². The lowest BCUT2D eigenvalue weighted by Gasteiger charge is -2.07. The van der Waals surface area contributed by atoms with Gasteiger partial charge in [-0.25, -0.2) is 15.0 Å². The van der Waals surface area contributed by atoms with Gasteiger partial charge in [0.2, 0.25) is 11.9 Å². The number of aromatic nitrogens is 4. The van der Waals surface area contributed by atoms with E-state index in [0.29, 0.717) is 11.9 Å². The van der Waals surface area contributed by atoms with Crippen LogP contribution in [0.3, 0.4) is 0 Å². The number of nitrogens with zero attached hydrogens (tertiary/aromatic N) is 3. The van der Waals surface area contributed by atoms with Crippen LogP contribution in [0.25, 0.3) is 33.4 Å². The first-order valence-corrected chi connectivity index (χ1v) is 10.0. The van der Waals surface area contributed by atoms with E-state index in [1.54, 1.807) is 7.11 Å². The smallest absolute Gasteiger partial charge is 0.230 e. The van der Waals surface area contributed by atoms with Gasteiger partial charge in [-0.3, -0.25) is 5.32 Å². The van der Waals surface area contributed by atoms with Crippen LogP contribution in [0, 0.1) is 6.92 Å².